The van der Waals surface area contributed by atoms with Crippen LogP contribution in [0.25, 0.3) is 11.1 Å². The lowest BCUT2D eigenvalue weighted by Gasteiger charge is -2.11. The van der Waals surface area contributed by atoms with E-state index in [0.717, 1.165) is 17.6 Å². The highest BCUT2D eigenvalue weighted by atomic mass is 79.9. The monoisotopic (exact) mass is 289 g/mol. The quantitative estimate of drug-likeness (QED) is 0.888. The van der Waals surface area contributed by atoms with Gasteiger partial charge in [-0.1, -0.05) is 65.3 Å². The van der Waals surface area contributed by atoms with Crippen LogP contribution in [0, 0.1) is 0 Å². The second-order valence-corrected chi connectivity index (χ2v) is 4.77. The highest BCUT2D eigenvalue weighted by molar-refractivity contribution is 9.10. The molecule has 0 atom stereocenters. The molecule has 88 valence electrons. The Hall–Kier alpha value is -1.12. The number of benzene rings is 2. The van der Waals surface area contributed by atoms with Crippen LogP contribution in [0.1, 0.15) is 12.5 Å². The first-order valence-electron chi connectivity index (χ1n) is 5.86. The van der Waals surface area contributed by atoms with E-state index >= 15 is 0 Å². The molecular weight excluding hydrogens is 274 g/mol. The third-order valence-corrected chi connectivity index (χ3v) is 3.44. The maximum atomic E-state index is 3.61. The van der Waals surface area contributed by atoms with E-state index in [9.17, 15) is 0 Å². The Kier molecular flexibility index (Phi) is 4.35. The van der Waals surface area contributed by atoms with E-state index < -0.39 is 0 Å². The molecule has 17 heavy (non-hydrogen) atoms. The average molecular weight is 290 g/mol. The van der Waals surface area contributed by atoms with Crippen LogP contribution < -0.4 is 5.32 Å². The maximum Gasteiger partial charge on any atom is 0.0253 e. The zero-order valence-electron chi connectivity index (χ0n) is 9.91. The van der Waals surface area contributed by atoms with Crippen molar-refractivity contribution in [3.63, 3.8) is 0 Å². The Labute approximate surface area is 111 Å². The molecule has 0 fully saturated rings. The van der Waals surface area contributed by atoms with Gasteiger partial charge in [0.15, 0.2) is 0 Å². The second-order valence-electron chi connectivity index (χ2n) is 3.92. The van der Waals surface area contributed by atoms with Crippen LogP contribution in [0.3, 0.4) is 0 Å². The molecule has 0 bridgehead atoms. The van der Waals surface area contributed by atoms with Crippen molar-refractivity contribution in [1.82, 2.24) is 5.32 Å². The molecule has 1 nitrogen and oxygen atoms in total. The number of hydrogen-bond acceptors (Lipinski definition) is 1. The lowest BCUT2D eigenvalue weighted by molar-refractivity contribution is 0.728. The summed E-state index contributed by atoms with van der Waals surface area (Å²) in [5.41, 5.74) is 3.88. The summed E-state index contributed by atoms with van der Waals surface area (Å²) in [4.78, 5) is 0. The van der Waals surface area contributed by atoms with Gasteiger partial charge in [0.25, 0.3) is 0 Å². The van der Waals surface area contributed by atoms with Crippen molar-refractivity contribution in [3.8, 4) is 11.1 Å². The normalized spacial score (nSPS) is 10.5. The number of halogens is 1. The van der Waals surface area contributed by atoms with Crippen molar-refractivity contribution in [2.45, 2.75) is 13.5 Å². The molecule has 0 unspecified atom stereocenters. The fourth-order valence-corrected chi connectivity index (χ4v) is 2.37. The average Bonchev–Trinajstić information content (AvgIpc) is 2.37. The van der Waals surface area contributed by atoms with Gasteiger partial charge in [0.05, 0.1) is 0 Å². The van der Waals surface area contributed by atoms with Gasteiger partial charge in [-0.2, -0.15) is 0 Å². The van der Waals surface area contributed by atoms with Crippen LogP contribution in [0.2, 0.25) is 0 Å². The lowest BCUT2D eigenvalue weighted by atomic mass is 10.00. The molecule has 0 aliphatic rings. The fraction of sp³-hybridized carbons (Fsp3) is 0.200. The van der Waals surface area contributed by atoms with Gasteiger partial charge >= 0.3 is 0 Å². The van der Waals surface area contributed by atoms with E-state index in [2.05, 4.69) is 70.6 Å². The molecule has 0 aliphatic heterocycles. The summed E-state index contributed by atoms with van der Waals surface area (Å²) >= 11 is 3.61. The fourth-order valence-electron chi connectivity index (χ4n) is 1.88. The summed E-state index contributed by atoms with van der Waals surface area (Å²) in [5.74, 6) is 0. The highest BCUT2D eigenvalue weighted by Gasteiger charge is 2.06. The van der Waals surface area contributed by atoms with Gasteiger partial charge < -0.3 is 5.32 Å². The van der Waals surface area contributed by atoms with Crippen LogP contribution in [0.15, 0.2) is 53.0 Å². The zero-order valence-corrected chi connectivity index (χ0v) is 11.5. The Morgan fingerprint density at radius 2 is 1.59 bits per heavy atom. The van der Waals surface area contributed by atoms with E-state index in [-0.39, 0.29) is 0 Å². The topological polar surface area (TPSA) is 12.0 Å². The predicted octanol–water partition coefficient (Wildman–Crippen LogP) is 4.23. The molecule has 0 aliphatic carbocycles. The first-order chi connectivity index (χ1) is 8.33. The maximum absolute atomic E-state index is 3.61. The summed E-state index contributed by atoms with van der Waals surface area (Å²) < 4.78 is 1.14. The van der Waals surface area contributed by atoms with Crippen molar-refractivity contribution in [1.29, 1.82) is 0 Å². The molecule has 0 heterocycles. The molecule has 0 saturated heterocycles. The molecule has 2 rings (SSSR count). The molecule has 2 aromatic rings. The lowest BCUT2D eigenvalue weighted by Crippen LogP contribution is -2.12. The van der Waals surface area contributed by atoms with E-state index in [1.807, 2.05) is 6.07 Å². The van der Waals surface area contributed by atoms with Crippen molar-refractivity contribution in [2.75, 3.05) is 6.54 Å². The van der Waals surface area contributed by atoms with Crippen LogP contribution in [-0.4, -0.2) is 6.54 Å². The smallest absolute Gasteiger partial charge is 0.0253 e. The number of hydrogen-bond donors (Lipinski definition) is 1. The van der Waals surface area contributed by atoms with Crippen LogP contribution >= 0.6 is 15.9 Å². The van der Waals surface area contributed by atoms with E-state index in [1.165, 1.54) is 16.7 Å². The van der Waals surface area contributed by atoms with Crippen molar-refractivity contribution < 1.29 is 0 Å². The number of rotatable bonds is 4. The van der Waals surface area contributed by atoms with Crippen molar-refractivity contribution >= 4 is 15.9 Å². The second kappa shape index (κ2) is 5.99. The van der Waals surface area contributed by atoms with Gasteiger partial charge in [-0.25, -0.2) is 0 Å². The minimum atomic E-state index is 0.911. The molecule has 2 aromatic carbocycles. The van der Waals surface area contributed by atoms with E-state index in [4.69, 9.17) is 0 Å². The minimum Gasteiger partial charge on any atom is -0.313 e. The summed E-state index contributed by atoms with van der Waals surface area (Å²) in [7, 11) is 0. The summed E-state index contributed by atoms with van der Waals surface area (Å²) in [6.45, 7) is 4.03. The Bertz CT molecular complexity index is 494. The van der Waals surface area contributed by atoms with Gasteiger partial charge in [0, 0.05) is 11.0 Å². The standard InChI is InChI=1S/C15H16BrN/c1-2-17-11-12-7-3-4-8-13(12)14-9-5-6-10-15(14)16/h3-10,17H,2,11H2,1H3. The van der Waals surface area contributed by atoms with Crippen molar-refractivity contribution in [3.05, 3.63) is 58.6 Å². The third-order valence-electron chi connectivity index (χ3n) is 2.75. The van der Waals surface area contributed by atoms with Crippen LogP contribution in [-0.2, 0) is 6.54 Å². The van der Waals surface area contributed by atoms with E-state index in [1.54, 1.807) is 0 Å². The molecule has 0 spiro atoms. The van der Waals surface area contributed by atoms with Gasteiger partial charge in [-0.15, -0.1) is 0 Å². The predicted molar refractivity (Wildman–Crippen MR) is 77.0 cm³/mol. The molecule has 0 radical (unpaired) electrons. The van der Waals surface area contributed by atoms with Crippen LogP contribution in [0.5, 0.6) is 0 Å². The molecule has 2 heteroatoms. The molecule has 0 aromatic heterocycles. The summed E-state index contributed by atoms with van der Waals surface area (Å²) in [5, 5.41) is 3.38. The molecule has 0 amide bonds. The van der Waals surface area contributed by atoms with Gasteiger partial charge in [-0.05, 0) is 29.3 Å². The van der Waals surface area contributed by atoms with Crippen LogP contribution in [0.4, 0.5) is 0 Å². The van der Waals surface area contributed by atoms with Crippen molar-refractivity contribution in [2.24, 2.45) is 0 Å². The SMILES string of the molecule is CCNCc1ccccc1-c1ccccc1Br. The Morgan fingerprint density at radius 3 is 2.29 bits per heavy atom. The Morgan fingerprint density at radius 1 is 0.941 bits per heavy atom. The minimum absolute atomic E-state index is 0.911. The van der Waals surface area contributed by atoms with E-state index in [0.29, 0.717) is 0 Å². The van der Waals surface area contributed by atoms with Gasteiger partial charge in [0.2, 0.25) is 0 Å². The molecule has 1 N–H and O–H groups in total. The first kappa shape index (κ1) is 12.3. The van der Waals surface area contributed by atoms with Gasteiger partial charge in [0.1, 0.15) is 0 Å². The third kappa shape index (κ3) is 2.96. The molecule has 0 saturated carbocycles. The summed E-state index contributed by atoms with van der Waals surface area (Å²) in [6, 6.07) is 16.9. The largest absolute Gasteiger partial charge is 0.313 e. The zero-order chi connectivity index (χ0) is 12.1. The molecular formula is C15H16BrN. The van der Waals surface area contributed by atoms with Gasteiger partial charge in [-0.3, -0.25) is 0 Å². The Balaban J connectivity index is 2.41. The highest BCUT2D eigenvalue weighted by Crippen LogP contribution is 2.30. The number of nitrogens with one attached hydrogen (secondary N) is 1. The summed E-state index contributed by atoms with van der Waals surface area (Å²) in [6.07, 6.45) is 0. The first-order valence-corrected chi connectivity index (χ1v) is 6.65.